The molecule has 1 aromatic carbocycles. The number of para-hydroxylation sites is 1. The standard InChI is InChI=1S/C20H21N3/c1-12(2)15-10-17-14(4)22-23(19(17)11-15)20-9-13(3)16-7-5-6-8-18(16)21-20/h5-9,15H,1,10-11H2,2-4H3. The summed E-state index contributed by atoms with van der Waals surface area (Å²) in [5.41, 5.74) is 7.33. The number of hydrogen-bond acceptors (Lipinski definition) is 2. The molecule has 0 spiro atoms. The lowest BCUT2D eigenvalue weighted by Gasteiger charge is -2.11. The number of hydrogen-bond donors (Lipinski definition) is 0. The average molecular weight is 303 g/mol. The van der Waals surface area contributed by atoms with Crippen molar-refractivity contribution in [3.8, 4) is 5.82 Å². The van der Waals surface area contributed by atoms with Gasteiger partial charge in [0.1, 0.15) is 0 Å². The zero-order valence-corrected chi connectivity index (χ0v) is 13.9. The maximum Gasteiger partial charge on any atom is 0.154 e. The van der Waals surface area contributed by atoms with E-state index in [1.807, 2.05) is 10.7 Å². The van der Waals surface area contributed by atoms with Crippen LogP contribution in [0.15, 0.2) is 42.5 Å². The third-order valence-electron chi connectivity index (χ3n) is 5.00. The van der Waals surface area contributed by atoms with E-state index in [0.717, 1.165) is 29.9 Å². The summed E-state index contributed by atoms with van der Waals surface area (Å²) in [6.45, 7) is 10.5. The second-order valence-electron chi connectivity index (χ2n) is 6.69. The summed E-state index contributed by atoms with van der Waals surface area (Å²) in [6.07, 6.45) is 2.07. The van der Waals surface area contributed by atoms with Gasteiger partial charge >= 0.3 is 0 Å². The van der Waals surface area contributed by atoms with Crippen molar-refractivity contribution in [2.45, 2.75) is 33.6 Å². The first-order chi connectivity index (χ1) is 11.0. The van der Waals surface area contributed by atoms with Gasteiger partial charge in [-0.25, -0.2) is 9.67 Å². The van der Waals surface area contributed by atoms with Crippen LogP contribution in [0.25, 0.3) is 16.7 Å². The minimum Gasteiger partial charge on any atom is -0.229 e. The molecule has 2 heterocycles. The van der Waals surface area contributed by atoms with Crippen molar-refractivity contribution in [3.05, 3.63) is 65.0 Å². The van der Waals surface area contributed by atoms with Crippen LogP contribution in [-0.4, -0.2) is 14.8 Å². The van der Waals surface area contributed by atoms with Gasteiger partial charge in [0, 0.05) is 5.39 Å². The van der Waals surface area contributed by atoms with E-state index in [1.165, 1.54) is 27.8 Å². The summed E-state index contributed by atoms with van der Waals surface area (Å²) in [7, 11) is 0. The number of aryl methyl sites for hydroxylation is 2. The summed E-state index contributed by atoms with van der Waals surface area (Å²) in [5, 5.41) is 5.97. The zero-order chi connectivity index (χ0) is 16.1. The molecule has 0 bridgehead atoms. The molecule has 0 amide bonds. The van der Waals surface area contributed by atoms with E-state index in [2.05, 4.69) is 51.6 Å². The highest BCUT2D eigenvalue weighted by Gasteiger charge is 2.29. The van der Waals surface area contributed by atoms with E-state index in [4.69, 9.17) is 10.1 Å². The lowest BCUT2D eigenvalue weighted by atomic mass is 9.99. The predicted molar refractivity (Wildman–Crippen MR) is 94.1 cm³/mol. The number of aromatic nitrogens is 3. The molecule has 1 aliphatic carbocycles. The molecule has 1 unspecified atom stereocenters. The van der Waals surface area contributed by atoms with Gasteiger partial charge in [0.05, 0.1) is 16.9 Å². The molecule has 1 aliphatic rings. The van der Waals surface area contributed by atoms with E-state index < -0.39 is 0 Å². The summed E-state index contributed by atoms with van der Waals surface area (Å²) in [5.74, 6) is 1.46. The summed E-state index contributed by atoms with van der Waals surface area (Å²) < 4.78 is 2.05. The van der Waals surface area contributed by atoms with Gasteiger partial charge in [-0.1, -0.05) is 30.4 Å². The fourth-order valence-electron chi connectivity index (χ4n) is 3.61. The van der Waals surface area contributed by atoms with Gasteiger partial charge in [-0.05, 0) is 62.8 Å². The molecule has 1 atom stereocenters. The largest absolute Gasteiger partial charge is 0.229 e. The number of nitrogens with zero attached hydrogens (tertiary/aromatic N) is 3. The summed E-state index contributed by atoms with van der Waals surface area (Å²) in [6, 6.07) is 10.4. The molecule has 0 radical (unpaired) electrons. The Morgan fingerprint density at radius 2 is 2.00 bits per heavy atom. The maximum atomic E-state index is 4.85. The Kier molecular flexibility index (Phi) is 3.12. The number of allylic oxidation sites excluding steroid dienone is 1. The first-order valence-electron chi connectivity index (χ1n) is 8.14. The first-order valence-corrected chi connectivity index (χ1v) is 8.14. The Bertz CT molecular complexity index is 933. The summed E-state index contributed by atoms with van der Waals surface area (Å²) in [4.78, 5) is 4.85. The molecule has 2 aromatic heterocycles. The van der Waals surface area contributed by atoms with Crippen molar-refractivity contribution in [2.24, 2.45) is 5.92 Å². The zero-order valence-electron chi connectivity index (χ0n) is 13.9. The van der Waals surface area contributed by atoms with Crippen molar-refractivity contribution < 1.29 is 0 Å². The maximum absolute atomic E-state index is 4.85. The number of benzene rings is 1. The fourth-order valence-corrected chi connectivity index (χ4v) is 3.61. The minimum atomic E-state index is 0.537. The molecular weight excluding hydrogens is 282 g/mol. The third-order valence-corrected chi connectivity index (χ3v) is 5.00. The van der Waals surface area contributed by atoms with Crippen LogP contribution in [0, 0.1) is 19.8 Å². The van der Waals surface area contributed by atoms with E-state index in [-0.39, 0.29) is 0 Å². The van der Waals surface area contributed by atoms with Gasteiger partial charge in [0.25, 0.3) is 0 Å². The average Bonchev–Trinajstić information content (AvgIpc) is 3.08. The molecule has 3 heteroatoms. The van der Waals surface area contributed by atoms with Gasteiger partial charge in [-0.15, -0.1) is 0 Å². The lowest BCUT2D eigenvalue weighted by Crippen LogP contribution is -2.08. The minimum absolute atomic E-state index is 0.537. The number of fused-ring (bicyclic) bond motifs is 2. The van der Waals surface area contributed by atoms with E-state index >= 15 is 0 Å². The van der Waals surface area contributed by atoms with Crippen LogP contribution in [-0.2, 0) is 12.8 Å². The fraction of sp³-hybridized carbons (Fsp3) is 0.300. The van der Waals surface area contributed by atoms with Crippen LogP contribution in [0.3, 0.4) is 0 Å². The molecular formula is C20H21N3. The Morgan fingerprint density at radius 1 is 1.22 bits per heavy atom. The molecule has 0 aliphatic heterocycles. The van der Waals surface area contributed by atoms with Crippen LogP contribution < -0.4 is 0 Å². The van der Waals surface area contributed by atoms with Gasteiger partial charge < -0.3 is 0 Å². The monoisotopic (exact) mass is 303 g/mol. The number of rotatable bonds is 2. The Labute approximate surface area is 136 Å². The third kappa shape index (κ3) is 2.19. The lowest BCUT2D eigenvalue weighted by molar-refractivity contribution is 0.629. The Morgan fingerprint density at radius 3 is 2.78 bits per heavy atom. The van der Waals surface area contributed by atoms with E-state index in [0.29, 0.717) is 5.92 Å². The van der Waals surface area contributed by atoms with Crippen LogP contribution in [0.1, 0.15) is 29.4 Å². The number of pyridine rings is 1. The molecule has 3 nitrogen and oxygen atoms in total. The van der Waals surface area contributed by atoms with Crippen LogP contribution in [0.4, 0.5) is 0 Å². The van der Waals surface area contributed by atoms with Crippen molar-refractivity contribution in [2.75, 3.05) is 0 Å². The van der Waals surface area contributed by atoms with Crippen LogP contribution in [0.2, 0.25) is 0 Å². The predicted octanol–water partition coefficient (Wildman–Crippen LogP) is 4.33. The highest BCUT2D eigenvalue weighted by molar-refractivity contribution is 5.82. The van der Waals surface area contributed by atoms with Gasteiger partial charge in [0.2, 0.25) is 0 Å². The highest BCUT2D eigenvalue weighted by Crippen LogP contribution is 2.34. The molecule has 3 aromatic rings. The van der Waals surface area contributed by atoms with Crippen molar-refractivity contribution in [3.63, 3.8) is 0 Å². The highest BCUT2D eigenvalue weighted by atomic mass is 15.3. The second-order valence-corrected chi connectivity index (χ2v) is 6.69. The quantitative estimate of drug-likeness (QED) is 0.660. The molecule has 4 rings (SSSR count). The topological polar surface area (TPSA) is 30.7 Å². The molecule has 0 saturated carbocycles. The Balaban J connectivity index is 1.87. The van der Waals surface area contributed by atoms with E-state index in [9.17, 15) is 0 Å². The van der Waals surface area contributed by atoms with Crippen LogP contribution >= 0.6 is 0 Å². The summed E-state index contributed by atoms with van der Waals surface area (Å²) >= 11 is 0. The van der Waals surface area contributed by atoms with Gasteiger partial charge in [0.15, 0.2) is 5.82 Å². The Hall–Kier alpha value is -2.42. The smallest absolute Gasteiger partial charge is 0.154 e. The van der Waals surface area contributed by atoms with Crippen molar-refractivity contribution in [1.82, 2.24) is 14.8 Å². The molecule has 0 saturated heterocycles. The van der Waals surface area contributed by atoms with Gasteiger partial charge in [-0.2, -0.15) is 5.10 Å². The van der Waals surface area contributed by atoms with E-state index in [1.54, 1.807) is 0 Å². The van der Waals surface area contributed by atoms with Gasteiger partial charge in [-0.3, -0.25) is 0 Å². The molecule has 0 fully saturated rings. The van der Waals surface area contributed by atoms with Crippen LogP contribution in [0.5, 0.6) is 0 Å². The van der Waals surface area contributed by atoms with Crippen molar-refractivity contribution in [1.29, 1.82) is 0 Å². The first kappa shape index (κ1) is 14.2. The molecule has 0 N–H and O–H groups in total. The van der Waals surface area contributed by atoms with Crippen molar-refractivity contribution >= 4 is 10.9 Å². The second kappa shape index (κ2) is 5.05. The SMILES string of the molecule is C=C(C)C1Cc2c(C)nn(-c3cc(C)c4ccccc4n3)c2C1. The normalized spacial score (nSPS) is 16.7. The molecule has 23 heavy (non-hydrogen) atoms. The molecule has 116 valence electrons.